The molecule has 3 amide bonds. The highest BCUT2D eigenvalue weighted by Gasteiger charge is 2.31. The molecule has 0 fully saturated rings. The van der Waals surface area contributed by atoms with Crippen molar-refractivity contribution >= 4 is 41.0 Å². The third-order valence-corrected chi connectivity index (χ3v) is 8.05. The van der Waals surface area contributed by atoms with Crippen molar-refractivity contribution in [2.45, 2.75) is 71.2 Å². The Bertz CT molecular complexity index is 1890. The first kappa shape index (κ1) is 37.7. The maximum Gasteiger partial charge on any atom is 0.413 e. The minimum Gasteiger partial charge on any atom is -0.468 e. The van der Waals surface area contributed by atoms with Crippen LogP contribution < -0.4 is 10.6 Å². The molecule has 2 aromatic heterocycles. The van der Waals surface area contributed by atoms with Gasteiger partial charge in [0.1, 0.15) is 31.6 Å². The van der Waals surface area contributed by atoms with E-state index in [2.05, 4.69) is 37.7 Å². The van der Waals surface area contributed by atoms with Crippen LogP contribution in [-0.2, 0) is 35.1 Å². The molecule has 0 unspecified atom stereocenters. The molecule has 0 saturated carbocycles. The Morgan fingerprint density at radius 1 is 0.885 bits per heavy atom. The number of methoxy groups -OCH3 is 1. The van der Waals surface area contributed by atoms with Crippen LogP contribution in [0, 0.1) is 0 Å². The van der Waals surface area contributed by atoms with Gasteiger partial charge in [0.2, 0.25) is 5.91 Å². The summed E-state index contributed by atoms with van der Waals surface area (Å²) >= 11 is 0. The highest BCUT2D eigenvalue weighted by Crippen LogP contribution is 2.44. The van der Waals surface area contributed by atoms with Gasteiger partial charge in [-0.05, 0) is 63.8 Å². The van der Waals surface area contributed by atoms with Gasteiger partial charge in [-0.3, -0.25) is 14.9 Å². The van der Waals surface area contributed by atoms with Crippen molar-refractivity contribution in [3.8, 4) is 11.1 Å². The highest BCUT2D eigenvalue weighted by atomic mass is 16.6. The monoisotopic (exact) mass is 715 g/mol. The van der Waals surface area contributed by atoms with Gasteiger partial charge in [-0.2, -0.15) is 0 Å². The number of fused-ring (bicyclic) bond motifs is 4. The van der Waals surface area contributed by atoms with E-state index >= 15 is 0 Å². The van der Waals surface area contributed by atoms with Crippen molar-refractivity contribution in [3.63, 3.8) is 0 Å². The predicted molar refractivity (Wildman–Crippen MR) is 191 cm³/mol. The summed E-state index contributed by atoms with van der Waals surface area (Å²) in [5, 5.41) is 5.41. The van der Waals surface area contributed by atoms with Gasteiger partial charge in [0, 0.05) is 12.5 Å². The number of carbonyl (C=O) groups is 4. The Morgan fingerprint density at radius 3 is 2.15 bits per heavy atom. The van der Waals surface area contributed by atoms with Gasteiger partial charge in [0.25, 0.3) is 0 Å². The largest absolute Gasteiger partial charge is 0.468 e. The summed E-state index contributed by atoms with van der Waals surface area (Å²) in [7, 11) is 1.22. The number of esters is 1. The van der Waals surface area contributed by atoms with Gasteiger partial charge in [0.15, 0.2) is 17.0 Å². The molecular formula is C37H45N7O8. The van der Waals surface area contributed by atoms with Gasteiger partial charge in [-0.25, -0.2) is 24.5 Å². The highest BCUT2D eigenvalue weighted by molar-refractivity contribution is 5.94. The molecule has 15 nitrogen and oxygen atoms in total. The van der Waals surface area contributed by atoms with Crippen LogP contribution in [0.3, 0.4) is 0 Å². The molecule has 276 valence electrons. The summed E-state index contributed by atoms with van der Waals surface area (Å²) in [6, 6.07) is 15.3. The molecule has 1 atom stereocenters. The second kappa shape index (κ2) is 15.8. The van der Waals surface area contributed by atoms with E-state index in [1.54, 1.807) is 20.8 Å². The fourth-order valence-corrected chi connectivity index (χ4v) is 5.77. The lowest BCUT2D eigenvalue weighted by Crippen LogP contribution is -2.51. The van der Waals surface area contributed by atoms with Gasteiger partial charge in [0.05, 0.1) is 31.7 Å². The van der Waals surface area contributed by atoms with E-state index in [1.807, 2.05) is 57.2 Å². The minimum atomic E-state index is -0.769. The number of nitrogens with one attached hydrogen (secondary N) is 2. The lowest BCUT2D eigenvalue weighted by molar-refractivity contribution is -0.147. The number of rotatable bonds is 12. The lowest BCUT2D eigenvalue weighted by atomic mass is 9.98. The molecule has 52 heavy (non-hydrogen) atoms. The molecule has 0 spiro atoms. The minimum absolute atomic E-state index is 0.0135. The zero-order valence-corrected chi connectivity index (χ0v) is 30.5. The molecule has 2 N–H and O–H groups in total. The molecule has 2 aromatic carbocycles. The van der Waals surface area contributed by atoms with E-state index in [1.165, 1.54) is 29.2 Å². The number of aromatic nitrogens is 4. The number of hydrogen-bond acceptors (Lipinski definition) is 11. The maximum absolute atomic E-state index is 13.8. The molecule has 4 aromatic rings. The van der Waals surface area contributed by atoms with Gasteiger partial charge in [-0.15, -0.1) is 0 Å². The Labute approximate surface area is 302 Å². The molecule has 15 heteroatoms. The van der Waals surface area contributed by atoms with E-state index in [-0.39, 0.29) is 49.2 Å². The van der Waals surface area contributed by atoms with Gasteiger partial charge < -0.3 is 33.7 Å². The number of benzene rings is 2. The number of ether oxygens (including phenoxy) is 4. The Balaban J connectivity index is 1.30. The zero-order valence-electron chi connectivity index (χ0n) is 30.5. The van der Waals surface area contributed by atoms with Crippen LogP contribution in [-0.4, -0.2) is 99.1 Å². The molecular weight excluding hydrogens is 670 g/mol. The lowest BCUT2D eigenvalue weighted by Gasteiger charge is -2.30. The SMILES string of the molecule is COC(=O)CN(C[C@H](COC(C)(C)C)NC(=O)OCC1c2ccccc2-c2ccccc21)C(=O)Cn1cnc2c(NC(=O)OC(C)(C)C)ncnc21. The van der Waals surface area contributed by atoms with Crippen molar-refractivity contribution < 1.29 is 38.1 Å². The smallest absolute Gasteiger partial charge is 0.413 e. The maximum atomic E-state index is 13.8. The summed E-state index contributed by atoms with van der Waals surface area (Å²) < 4.78 is 23.5. The molecule has 0 radical (unpaired) electrons. The summed E-state index contributed by atoms with van der Waals surface area (Å²) in [5.74, 6) is -1.20. The van der Waals surface area contributed by atoms with E-state index in [9.17, 15) is 19.2 Å². The van der Waals surface area contributed by atoms with Crippen molar-refractivity contribution in [2.75, 3.05) is 38.7 Å². The zero-order chi connectivity index (χ0) is 37.6. The van der Waals surface area contributed by atoms with Crippen LogP contribution in [0.15, 0.2) is 61.2 Å². The summed E-state index contributed by atoms with van der Waals surface area (Å²) in [5.41, 5.74) is 3.54. The molecule has 1 aliphatic rings. The van der Waals surface area contributed by atoms with Crippen LogP contribution >= 0.6 is 0 Å². The normalized spacial score (nSPS) is 13.1. The third-order valence-electron chi connectivity index (χ3n) is 8.05. The molecule has 2 heterocycles. The van der Waals surface area contributed by atoms with Gasteiger partial charge in [-0.1, -0.05) is 48.5 Å². The third kappa shape index (κ3) is 9.60. The number of alkyl carbamates (subject to hydrolysis) is 1. The fraction of sp³-hybridized carbons (Fsp3) is 0.432. The van der Waals surface area contributed by atoms with Gasteiger partial charge >= 0.3 is 18.2 Å². The number of anilines is 1. The number of hydrogen-bond donors (Lipinski definition) is 2. The van der Waals surface area contributed by atoms with E-state index in [0.29, 0.717) is 0 Å². The Hall–Kier alpha value is -5.57. The summed E-state index contributed by atoms with van der Waals surface area (Å²) in [6.45, 7) is 10.1. The van der Waals surface area contributed by atoms with Crippen LogP contribution in [0.1, 0.15) is 58.6 Å². The van der Waals surface area contributed by atoms with E-state index in [4.69, 9.17) is 18.9 Å². The van der Waals surface area contributed by atoms with Crippen molar-refractivity contribution in [1.29, 1.82) is 0 Å². The first-order valence-corrected chi connectivity index (χ1v) is 16.9. The van der Waals surface area contributed by atoms with E-state index in [0.717, 1.165) is 22.3 Å². The molecule has 5 rings (SSSR count). The number of carbonyl (C=O) groups excluding carboxylic acids is 4. The quantitative estimate of drug-likeness (QED) is 0.151. The molecule has 0 aliphatic heterocycles. The van der Waals surface area contributed by atoms with Crippen LogP contribution in [0.5, 0.6) is 0 Å². The molecule has 0 saturated heterocycles. The average molecular weight is 716 g/mol. The number of amides is 3. The summed E-state index contributed by atoms with van der Waals surface area (Å²) in [4.78, 5) is 66.0. The second-order valence-corrected chi connectivity index (χ2v) is 14.3. The van der Waals surface area contributed by atoms with Crippen LogP contribution in [0.25, 0.3) is 22.3 Å². The number of nitrogens with zero attached hydrogens (tertiary/aromatic N) is 5. The Kier molecular flexibility index (Phi) is 11.4. The van der Waals surface area contributed by atoms with Crippen molar-refractivity contribution in [1.82, 2.24) is 29.7 Å². The molecule has 0 bridgehead atoms. The van der Waals surface area contributed by atoms with Crippen molar-refractivity contribution in [2.24, 2.45) is 0 Å². The first-order chi connectivity index (χ1) is 24.6. The second-order valence-electron chi connectivity index (χ2n) is 14.3. The molecule has 1 aliphatic carbocycles. The average Bonchev–Trinajstić information content (AvgIpc) is 3.63. The van der Waals surface area contributed by atoms with Crippen molar-refractivity contribution in [3.05, 3.63) is 72.3 Å². The first-order valence-electron chi connectivity index (χ1n) is 16.9. The topological polar surface area (TPSA) is 176 Å². The van der Waals surface area contributed by atoms with E-state index < -0.39 is 47.9 Å². The summed E-state index contributed by atoms with van der Waals surface area (Å²) in [6.07, 6.45) is 1.18. The number of imidazole rings is 1. The Morgan fingerprint density at radius 2 is 1.54 bits per heavy atom. The standard InChI is InChI=1S/C37H45N7O8/c1-36(2,3)51-19-23(41-34(47)50-20-28-26-14-10-8-12-24(26)25-13-9-11-15-27(25)28)16-43(18-30(46)49-7)29(45)17-44-22-40-31-32(38-21-39-33(31)44)42-35(48)52-37(4,5)6/h8-15,21-23,28H,16-20H2,1-7H3,(H,41,47)(H,38,39,42,48)/t23-/m1/s1. The van der Waals surface area contributed by atoms with Crippen LogP contribution in [0.2, 0.25) is 0 Å². The predicted octanol–water partition coefficient (Wildman–Crippen LogP) is 4.90. The fourth-order valence-electron chi connectivity index (χ4n) is 5.77. The van der Waals surface area contributed by atoms with Crippen LogP contribution in [0.4, 0.5) is 15.4 Å².